The van der Waals surface area contributed by atoms with Crippen molar-refractivity contribution < 1.29 is 8.42 Å². The monoisotopic (exact) mass is 403 g/mol. The van der Waals surface area contributed by atoms with E-state index in [0.29, 0.717) is 10.2 Å². The average molecular weight is 405 g/mol. The number of hydrogen-bond acceptors (Lipinski definition) is 2. The molecule has 0 radical (unpaired) electrons. The molecule has 2 rings (SSSR count). The van der Waals surface area contributed by atoms with Gasteiger partial charge in [0.1, 0.15) is 0 Å². The zero-order chi connectivity index (χ0) is 14.0. The first-order valence-corrected chi connectivity index (χ1v) is 8.50. The molecule has 0 aliphatic carbocycles. The molecule has 0 heterocycles. The molecular weight excluding hydrogens is 394 g/mol. The average Bonchev–Trinajstić information content (AvgIpc) is 2.34. The van der Waals surface area contributed by atoms with E-state index in [4.69, 9.17) is 0 Å². The highest BCUT2D eigenvalue weighted by Crippen LogP contribution is 2.26. The van der Waals surface area contributed by atoms with Crippen LogP contribution in [0, 0.1) is 6.92 Å². The van der Waals surface area contributed by atoms with E-state index >= 15 is 0 Å². The highest BCUT2D eigenvalue weighted by Gasteiger charge is 2.15. The van der Waals surface area contributed by atoms with E-state index in [-0.39, 0.29) is 4.90 Å². The maximum absolute atomic E-state index is 12.2. The smallest absolute Gasteiger partial charge is 0.261 e. The molecule has 2 aromatic rings. The normalized spacial score (nSPS) is 11.3. The first-order chi connectivity index (χ1) is 8.88. The number of aryl methyl sites for hydroxylation is 1. The van der Waals surface area contributed by atoms with Crippen LogP contribution in [0.1, 0.15) is 5.56 Å². The van der Waals surface area contributed by atoms with Crippen LogP contribution in [-0.4, -0.2) is 8.42 Å². The Morgan fingerprint density at radius 3 is 2.26 bits per heavy atom. The fourth-order valence-electron chi connectivity index (χ4n) is 1.53. The van der Waals surface area contributed by atoms with Crippen molar-refractivity contribution in [1.82, 2.24) is 0 Å². The van der Waals surface area contributed by atoms with Gasteiger partial charge in [-0.2, -0.15) is 0 Å². The quantitative estimate of drug-likeness (QED) is 0.827. The fourth-order valence-corrected chi connectivity index (χ4v) is 3.35. The van der Waals surface area contributed by atoms with Crippen LogP contribution in [0.2, 0.25) is 0 Å². The van der Waals surface area contributed by atoms with Crippen LogP contribution >= 0.6 is 31.9 Å². The van der Waals surface area contributed by atoms with Crippen LogP contribution in [0.15, 0.2) is 56.3 Å². The Morgan fingerprint density at radius 1 is 1.00 bits per heavy atom. The number of nitrogens with one attached hydrogen (secondary N) is 1. The molecule has 0 atom stereocenters. The number of rotatable bonds is 3. The van der Waals surface area contributed by atoms with Gasteiger partial charge in [0.05, 0.1) is 10.6 Å². The summed E-state index contributed by atoms with van der Waals surface area (Å²) in [7, 11) is -3.57. The molecule has 1 N–H and O–H groups in total. The maximum atomic E-state index is 12.2. The van der Waals surface area contributed by atoms with Gasteiger partial charge in [-0.3, -0.25) is 4.72 Å². The number of benzene rings is 2. The Bertz CT molecular complexity index is 697. The van der Waals surface area contributed by atoms with E-state index in [1.807, 2.05) is 19.1 Å². The number of hydrogen-bond donors (Lipinski definition) is 1. The molecule has 0 spiro atoms. The van der Waals surface area contributed by atoms with Crippen LogP contribution in [0.4, 0.5) is 5.69 Å². The van der Waals surface area contributed by atoms with Crippen LogP contribution in [0.5, 0.6) is 0 Å². The highest BCUT2D eigenvalue weighted by molar-refractivity contribution is 9.10. The Labute approximate surface area is 129 Å². The lowest BCUT2D eigenvalue weighted by molar-refractivity contribution is 0.601. The van der Waals surface area contributed by atoms with E-state index in [2.05, 4.69) is 36.6 Å². The van der Waals surface area contributed by atoms with Crippen LogP contribution in [0.25, 0.3) is 0 Å². The summed E-state index contributed by atoms with van der Waals surface area (Å²) in [6.07, 6.45) is 0. The van der Waals surface area contributed by atoms with Gasteiger partial charge in [-0.1, -0.05) is 22.0 Å². The van der Waals surface area contributed by atoms with Gasteiger partial charge >= 0.3 is 0 Å². The topological polar surface area (TPSA) is 46.2 Å². The summed E-state index contributed by atoms with van der Waals surface area (Å²) in [5.74, 6) is 0. The minimum atomic E-state index is -3.57. The molecule has 0 saturated carbocycles. The molecule has 0 amide bonds. The van der Waals surface area contributed by atoms with Crippen molar-refractivity contribution in [3.63, 3.8) is 0 Å². The third-order valence-electron chi connectivity index (χ3n) is 2.49. The molecule has 0 bridgehead atoms. The fraction of sp³-hybridized carbons (Fsp3) is 0.0769. The lowest BCUT2D eigenvalue weighted by Crippen LogP contribution is -2.13. The largest absolute Gasteiger partial charge is 0.278 e. The lowest BCUT2D eigenvalue weighted by atomic mass is 10.2. The minimum Gasteiger partial charge on any atom is -0.278 e. The molecule has 2 aromatic carbocycles. The van der Waals surface area contributed by atoms with Crippen molar-refractivity contribution in [2.24, 2.45) is 0 Å². The molecule has 0 fully saturated rings. The lowest BCUT2D eigenvalue weighted by Gasteiger charge is -2.10. The van der Waals surface area contributed by atoms with Crippen molar-refractivity contribution in [1.29, 1.82) is 0 Å². The predicted molar refractivity (Wildman–Crippen MR) is 83.8 cm³/mol. The SMILES string of the molecule is Cc1ccc(Br)c(NS(=O)(=O)c2ccc(Br)cc2)c1. The zero-order valence-electron chi connectivity index (χ0n) is 10.0. The van der Waals surface area contributed by atoms with Gasteiger partial charge in [-0.15, -0.1) is 0 Å². The minimum absolute atomic E-state index is 0.226. The Kier molecular flexibility index (Phi) is 4.32. The molecular formula is C13H11Br2NO2S. The van der Waals surface area contributed by atoms with Gasteiger partial charge in [-0.25, -0.2) is 8.42 Å². The van der Waals surface area contributed by atoms with Crippen LogP contribution in [0.3, 0.4) is 0 Å². The summed E-state index contributed by atoms with van der Waals surface area (Å²) in [6.45, 7) is 1.91. The summed E-state index contributed by atoms with van der Waals surface area (Å²) < 4.78 is 28.6. The van der Waals surface area contributed by atoms with Gasteiger partial charge < -0.3 is 0 Å². The molecule has 0 aliphatic rings. The molecule has 6 heteroatoms. The summed E-state index contributed by atoms with van der Waals surface area (Å²) in [4.78, 5) is 0.226. The van der Waals surface area contributed by atoms with E-state index in [9.17, 15) is 8.42 Å². The Balaban J connectivity index is 2.36. The maximum Gasteiger partial charge on any atom is 0.261 e. The van der Waals surface area contributed by atoms with Gasteiger partial charge in [0.2, 0.25) is 0 Å². The molecule has 19 heavy (non-hydrogen) atoms. The highest BCUT2D eigenvalue weighted by atomic mass is 79.9. The number of anilines is 1. The van der Waals surface area contributed by atoms with Crippen molar-refractivity contribution in [2.75, 3.05) is 4.72 Å². The summed E-state index contributed by atoms with van der Waals surface area (Å²) in [5.41, 5.74) is 1.51. The third kappa shape index (κ3) is 3.58. The standard InChI is InChI=1S/C13H11Br2NO2S/c1-9-2-7-12(15)13(8-9)16-19(17,18)11-5-3-10(14)4-6-11/h2-8,16H,1H3. The third-order valence-corrected chi connectivity index (χ3v) is 5.09. The van der Waals surface area contributed by atoms with E-state index in [1.54, 1.807) is 30.3 Å². The van der Waals surface area contributed by atoms with Crippen LogP contribution < -0.4 is 4.72 Å². The molecule has 0 saturated heterocycles. The van der Waals surface area contributed by atoms with Crippen molar-refractivity contribution >= 4 is 47.6 Å². The Hall–Kier alpha value is -0.850. The van der Waals surface area contributed by atoms with Gasteiger partial charge in [0.25, 0.3) is 10.0 Å². The van der Waals surface area contributed by atoms with Gasteiger partial charge in [0, 0.05) is 8.95 Å². The second kappa shape index (κ2) is 5.64. The summed E-state index contributed by atoms with van der Waals surface area (Å²) in [6, 6.07) is 12.0. The molecule has 100 valence electrons. The van der Waals surface area contributed by atoms with E-state index in [1.165, 1.54) is 0 Å². The van der Waals surface area contributed by atoms with Gasteiger partial charge in [0.15, 0.2) is 0 Å². The molecule has 3 nitrogen and oxygen atoms in total. The molecule has 0 aliphatic heterocycles. The van der Waals surface area contributed by atoms with E-state index < -0.39 is 10.0 Å². The second-order valence-electron chi connectivity index (χ2n) is 4.04. The first-order valence-electron chi connectivity index (χ1n) is 5.43. The van der Waals surface area contributed by atoms with Crippen molar-refractivity contribution in [3.05, 3.63) is 57.0 Å². The second-order valence-corrected chi connectivity index (χ2v) is 7.50. The molecule has 0 unspecified atom stereocenters. The number of sulfonamides is 1. The van der Waals surface area contributed by atoms with Crippen molar-refractivity contribution in [2.45, 2.75) is 11.8 Å². The predicted octanol–water partition coefficient (Wildman–Crippen LogP) is 4.32. The molecule has 0 aromatic heterocycles. The van der Waals surface area contributed by atoms with Crippen molar-refractivity contribution in [3.8, 4) is 0 Å². The number of halogens is 2. The van der Waals surface area contributed by atoms with Crippen LogP contribution in [-0.2, 0) is 10.0 Å². The first kappa shape index (κ1) is 14.6. The van der Waals surface area contributed by atoms with E-state index in [0.717, 1.165) is 10.0 Å². The van der Waals surface area contributed by atoms with Gasteiger partial charge in [-0.05, 0) is 64.8 Å². The zero-order valence-corrected chi connectivity index (χ0v) is 14.0. The Morgan fingerprint density at radius 2 is 1.63 bits per heavy atom. The summed E-state index contributed by atoms with van der Waals surface area (Å²) >= 11 is 6.61. The summed E-state index contributed by atoms with van der Waals surface area (Å²) in [5, 5.41) is 0.